The first-order valence-electron chi connectivity index (χ1n) is 11.3. The third-order valence-electron chi connectivity index (χ3n) is 5.09. The number of nitrogens with two attached hydrogens (primary N) is 2. The molecular weight excluding hydrogens is 482 g/mol. The number of carbonyl (C=O) groups excluding carboxylic acids is 1. The van der Waals surface area contributed by atoms with E-state index in [-0.39, 0.29) is 23.9 Å². The number of halogens is 4. The molecule has 2 aromatic carbocycles. The third kappa shape index (κ3) is 9.70. The van der Waals surface area contributed by atoms with E-state index < -0.39 is 24.8 Å². The first-order chi connectivity index (χ1) is 17.1. The molecule has 6 N–H and O–H groups in total. The van der Waals surface area contributed by atoms with Gasteiger partial charge in [-0.2, -0.15) is 17.6 Å². The molecule has 2 aromatic rings. The number of carbonyl (C=O) groups is 1. The van der Waals surface area contributed by atoms with Crippen LogP contribution >= 0.6 is 0 Å². The van der Waals surface area contributed by atoms with Crippen molar-refractivity contribution in [1.82, 2.24) is 10.7 Å². The topological polar surface area (TPSA) is 124 Å². The van der Waals surface area contributed by atoms with Gasteiger partial charge in [-0.3, -0.25) is 16.1 Å². The molecule has 0 aliphatic rings. The normalized spacial score (nSPS) is 12.0. The zero-order chi connectivity index (χ0) is 26.6. The van der Waals surface area contributed by atoms with Crippen molar-refractivity contribution in [1.29, 1.82) is 0 Å². The number of ether oxygens (including phenoxy) is 2. The first kappa shape index (κ1) is 28.9. The van der Waals surface area contributed by atoms with E-state index >= 15 is 0 Å². The van der Waals surface area contributed by atoms with Crippen LogP contribution in [0.2, 0.25) is 0 Å². The van der Waals surface area contributed by atoms with Crippen molar-refractivity contribution in [2.24, 2.45) is 16.6 Å². The molecule has 0 saturated heterocycles. The number of benzene rings is 2. The van der Waals surface area contributed by atoms with Crippen LogP contribution in [0.1, 0.15) is 41.6 Å². The highest BCUT2D eigenvalue weighted by molar-refractivity contribution is 5.95. The van der Waals surface area contributed by atoms with Gasteiger partial charge in [-0.05, 0) is 62.1 Å². The Bertz CT molecular complexity index is 1000. The highest BCUT2D eigenvalue weighted by atomic mass is 19.3. The van der Waals surface area contributed by atoms with Gasteiger partial charge in [0.1, 0.15) is 11.5 Å². The second kappa shape index (κ2) is 14.2. The summed E-state index contributed by atoms with van der Waals surface area (Å²) in [6, 6.07) is 10.3. The number of aliphatic imine (C=N–C) groups is 1. The summed E-state index contributed by atoms with van der Waals surface area (Å²) in [4.78, 5) is 16.0. The molecule has 0 radical (unpaired) electrons. The number of nitrogens with zero attached hydrogens (tertiary/aromatic N) is 1. The van der Waals surface area contributed by atoms with Crippen molar-refractivity contribution in [2.45, 2.75) is 45.1 Å². The molecule has 2 rings (SSSR count). The van der Waals surface area contributed by atoms with E-state index in [0.717, 1.165) is 12.0 Å². The number of aryl methyl sites for hydroxylation is 1. The molecule has 1 amide bonds. The van der Waals surface area contributed by atoms with Gasteiger partial charge >= 0.3 is 12.5 Å². The minimum atomic E-state index is -3.31. The van der Waals surface area contributed by atoms with Gasteiger partial charge in [-0.15, -0.1) is 0 Å². The maximum atomic E-state index is 13.9. The molecular formula is C24H31F4N5O3. The summed E-state index contributed by atoms with van der Waals surface area (Å²) in [5.41, 5.74) is 8.92. The Labute approximate surface area is 207 Å². The fourth-order valence-electron chi connectivity index (χ4n) is 3.07. The van der Waals surface area contributed by atoms with Crippen molar-refractivity contribution in [2.75, 3.05) is 19.7 Å². The Balaban J connectivity index is 1.71. The summed E-state index contributed by atoms with van der Waals surface area (Å²) in [7, 11) is 0. The summed E-state index contributed by atoms with van der Waals surface area (Å²) < 4.78 is 62.4. The summed E-state index contributed by atoms with van der Waals surface area (Å²) in [6.07, 6.45) is 1.59. The highest BCUT2D eigenvalue weighted by Crippen LogP contribution is 2.26. The summed E-state index contributed by atoms with van der Waals surface area (Å²) in [5.74, 6) is 1.09. The van der Waals surface area contributed by atoms with Crippen molar-refractivity contribution >= 4 is 17.4 Å². The van der Waals surface area contributed by atoms with Gasteiger partial charge in [-0.25, -0.2) is 4.99 Å². The number of alkyl halides is 4. The van der Waals surface area contributed by atoms with Crippen molar-refractivity contribution in [3.63, 3.8) is 0 Å². The Morgan fingerprint density at radius 1 is 1.08 bits per heavy atom. The second-order valence-electron chi connectivity index (χ2n) is 7.92. The predicted molar refractivity (Wildman–Crippen MR) is 129 cm³/mol. The van der Waals surface area contributed by atoms with Crippen molar-refractivity contribution < 1.29 is 31.8 Å². The lowest BCUT2D eigenvalue weighted by molar-refractivity contribution is -0.0499. The largest absolute Gasteiger partial charge is 0.493 e. The Kier molecular flexibility index (Phi) is 11.4. The lowest BCUT2D eigenvalue weighted by Crippen LogP contribution is -2.39. The molecule has 0 bridgehead atoms. The average Bonchev–Trinajstić information content (AvgIpc) is 2.84. The average molecular weight is 514 g/mol. The molecule has 36 heavy (non-hydrogen) atoms. The highest BCUT2D eigenvalue weighted by Gasteiger charge is 2.33. The molecule has 0 spiro atoms. The molecule has 8 nitrogen and oxygen atoms in total. The fourth-order valence-corrected chi connectivity index (χ4v) is 3.07. The molecule has 0 aliphatic heterocycles. The summed E-state index contributed by atoms with van der Waals surface area (Å²) in [5, 5.41) is 2.78. The molecule has 0 saturated carbocycles. The number of amides is 1. The van der Waals surface area contributed by atoms with Crippen molar-refractivity contribution in [3.8, 4) is 11.5 Å². The number of hydrogen-bond acceptors (Lipinski definition) is 6. The van der Waals surface area contributed by atoms with Gasteiger partial charge in [0.25, 0.3) is 5.91 Å². The van der Waals surface area contributed by atoms with Crippen LogP contribution in [-0.2, 0) is 0 Å². The van der Waals surface area contributed by atoms with Crippen LogP contribution in [0.4, 0.5) is 23.2 Å². The van der Waals surface area contributed by atoms with Crippen LogP contribution in [0.3, 0.4) is 0 Å². The van der Waals surface area contributed by atoms with Crippen LogP contribution in [-0.4, -0.2) is 44.0 Å². The number of nitrogens with one attached hydrogen (secondary N) is 2. The number of hydrazine groups is 1. The van der Waals surface area contributed by atoms with E-state index in [2.05, 4.69) is 20.5 Å². The van der Waals surface area contributed by atoms with Crippen LogP contribution in [0.25, 0.3) is 0 Å². The molecule has 198 valence electrons. The summed E-state index contributed by atoms with van der Waals surface area (Å²) in [6.45, 7) is -0.393. The number of rotatable bonds is 15. The van der Waals surface area contributed by atoms with E-state index in [1.807, 2.05) is 0 Å². The second-order valence-corrected chi connectivity index (χ2v) is 7.92. The molecule has 0 unspecified atom stereocenters. The number of hydrogen-bond donors (Lipinski definition) is 4. The van der Waals surface area contributed by atoms with Crippen LogP contribution in [0.5, 0.6) is 11.5 Å². The molecule has 0 heterocycles. The molecule has 0 atom stereocenters. The lowest BCUT2D eigenvalue weighted by atomic mass is 10.1. The zero-order valence-electron chi connectivity index (χ0n) is 19.9. The third-order valence-corrected chi connectivity index (χ3v) is 5.09. The van der Waals surface area contributed by atoms with E-state index in [9.17, 15) is 22.4 Å². The van der Waals surface area contributed by atoms with Crippen LogP contribution < -0.4 is 31.8 Å². The monoisotopic (exact) mass is 513 g/mol. The molecule has 12 heteroatoms. The summed E-state index contributed by atoms with van der Waals surface area (Å²) >= 11 is 0. The fraction of sp³-hybridized carbons (Fsp3) is 0.417. The Morgan fingerprint density at radius 3 is 2.47 bits per heavy atom. The maximum Gasteiger partial charge on any atom is 0.387 e. The minimum absolute atomic E-state index is 0.0367. The first-order valence-corrected chi connectivity index (χ1v) is 11.3. The zero-order valence-corrected chi connectivity index (χ0v) is 19.9. The van der Waals surface area contributed by atoms with Gasteiger partial charge in [0.15, 0.2) is 5.84 Å². The lowest BCUT2D eigenvalue weighted by Gasteiger charge is -2.15. The van der Waals surface area contributed by atoms with Crippen molar-refractivity contribution in [3.05, 3.63) is 53.6 Å². The number of unbranched alkanes of at least 4 members (excludes halogenated alkanes) is 2. The standard InChI is InChI=1S/C24H31F4N5O3/c1-16-5-10-19(36-23(25)26)15-20(16)35-14-4-2-3-12-31-21(34)17-6-8-18(9-7-17)33-22(29)24(27,28)11-13-32-30/h5-10,15,23,32H,2-4,11-14,30H2,1H3,(H2,29,33)(H,31,34). The molecule has 0 fully saturated rings. The van der Waals surface area contributed by atoms with Gasteiger partial charge in [0.05, 0.1) is 12.3 Å². The van der Waals surface area contributed by atoms with Gasteiger partial charge in [-0.1, -0.05) is 6.07 Å². The Morgan fingerprint density at radius 2 is 1.81 bits per heavy atom. The van der Waals surface area contributed by atoms with Crippen LogP contribution in [0, 0.1) is 6.92 Å². The predicted octanol–water partition coefficient (Wildman–Crippen LogP) is 4.05. The van der Waals surface area contributed by atoms with E-state index in [1.165, 1.54) is 36.4 Å². The van der Waals surface area contributed by atoms with E-state index in [0.29, 0.717) is 37.3 Å². The smallest absolute Gasteiger partial charge is 0.387 e. The van der Waals surface area contributed by atoms with Gasteiger partial charge in [0, 0.05) is 31.1 Å². The van der Waals surface area contributed by atoms with E-state index in [4.69, 9.17) is 16.3 Å². The number of amidine groups is 1. The van der Waals surface area contributed by atoms with Gasteiger partial charge < -0.3 is 20.5 Å². The van der Waals surface area contributed by atoms with Gasteiger partial charge in [0.2, 0.25) is 0 Å². The molecule has 0 aliphatic carbocycles. The maximum absolute atomic E-state index is 13.9. The molecule has 0 aromatic heterocycles. The van der Waals surface area contributed by atoms with Crippen LogP contribution in [0.15, 0.2) is 47.5 Å². The minimum Gasteiger partial charge on any atom is -0.493 e. The SMILES string of the molecule is Cc1ccc(OC(F)F)cc1OCCCCCNC(=O)c1ccc(N=C(N)C(F)(F)CCNN)cc1. The van der Waals surface area contributed by atoms with E-state index in [1.54, 1.807) is 13.0 Å². The Hall–Kier alpha value is -3.38. The quantitative estimate of drug-likeness (QED) is 0.0711.